The Morgan fingerprint density at radius 1 is 1.30 bits per heavy atom. The van der Waals surface area contributed by atoms with Crippen molar-refractivity contribution in [2.45, 2.75) is 66.7 Å². The molecule has 0 saturated heterocycles. The second kappa shape index (κ2) is 5.35. The van der Waals surface area contributed by atoms with E-state index in [2.05, 4.69) is 41.2 Å². The summed E-state index contributed by atoms with van der Waals surface area (Å²) in [6.45, 7) is 15.0. The lowest BCUT2D eigenvalue weighted by Crippen LogP contribution is -2.26. The predicted molar refractivity (Wildman–Crippen MR) is 85.6 cm³/mol. The van der Waals surface area contributed by atoms with E-state index in [-0.39, 0.29) is 5.41 Å². The van der Waals surface area contributed by atoms with Gasteiger partial charge >= 0.3 is 0 Å². The molecule has 0 amide bonds. The summed E-state index contributed by atoms with van der Waals surface area (Å²) in [5, 5.41) is 0. The SMILES string of the molecule is C=C(C)/C(CC)=C(\C1=C(C)CC(C)(C)CC1=O)C1CC1. The highest BCUT2D eigenvalue weighted by Gasteiger charge is 2.38. The number of ketones is 1. The van der Waals surface area contributed by atoms with E-state index in [1.54, 1.807) is 0 Å². The van der Waals surface area contributed by atoms with Crippen LogP contribution in [-0.4, -0.2) is 5.78 Å². The molecule has 0 unspecified atom stereocenters. The maximum absolute atomic E-state index is 12.7. The van der Waals surface area contributed by atoms with E-state index in [0.717, 1.165) is 24.0 Å². The van der Waals surface area contributed by atoms with E-state index in [1.165, 1.54) is 29.6 Å². The molecule has 110 valence electrons. The van der Waals surface area contributed by atoms with Crippen LogP contribution in [0.3, 0.4) is 0 Å². The second-order valence-corrected chi connectivity index (χ2v) is 7.40. The Morgan fingerprint density at radius 3 is 2.30 bits per heavy atom. The molecule has 0 bridgehead atoms. The summed E-state index contributed by atoms with van der Waals surface area (Å²) in [4.78, 5) is 12.7. The zero-order chi connectivity index (χ0) is 15.1. The lowest BCUT2D eigenvalue weighted by Gasteiger charge is -2.32. The molecule has 0 N–H and O–H groups in total. The van der Waals surface area contributed by atoms with Gasteiger partial charge in [-0.05, 0) is 62.0 Å². The number of hydrogen-bond donors (Lipinski definition) is 0. The summed E-state index contributed by atoms with van der Waals surface area (Å²) in [5.74, 6) is 0.963. The minimum atomic E-state index is 0.120. The van der Waals surface area contributed by atoms with E-state index in [9.17, 15) is 4.79 Å². The first-order valence-corrected chi connectivity index (χ1v) is 7.89. The number of carbonyl (C=O) groups excluding carboxylic acids is 1. The molecule has 1 saturated carbocycles. The van der Waals surface area contributed by atoms with Gasteiger partial charge in [0.15, 0.2) is 5.78 Å². The first kappa shape index (κ1) is 15.3. The van der Waals surface area contributed by atoms with Crippen molar-refractivity contribution in [3.63, 3.8) is 0 Å². The van der Waals surface area contributed by atoms with E-state index in [1.807, 2.05) is 0 Å². The fourth-order valence-electron chi connectivity index (χ4n) is 3.71. The van der Waals surface area contributed by atoms with Gasteiger partial charge in [0, 0.05) is 12.0 Å². The van der Waals surface area contributed by atoms with Crippen LogP contribution in [0.15, 0.2) is 34.4 Å². The van der Waals surface area contributed by atoms with E-state index in [0.29, 0.717) is 18.1 Å². The standard InChI is InChI=1S/C19H28O/c1-7-15(12(2)3)18(14-8-9-14)17-13(4)10-19(5,6)11-16(17)20/h14H,2,7-11H2,1,3-6H3/b18-15-. The van der Waals surface area contributed by atoms with Gasteiger partial charge in [-0.3, -0.25) is 4.79 Å². The van der Waals surface area contributed by atoms with Gasteiger partial charge in [0.05, 0.1) is 0 Å². The molecule has 2 aliphatic rings. The van der Waals surface area contributed by atoms with Gasteiger partial charge < -0.3 is 0 Å². The van der Waals surface area contributed by atoms with E-state index >= 15 is 0 Å². The highest BCUT2D eigenvalue weighted by atomic mass is 16.1. The molecule has 0 heterocycles. The molecule has 0 aliphatic heterocycles. The van der Waals surface area contributed by atoms with Crippen LogP contribution in [0, 0.1) is 11.3 Å². The van der Waals surface area contributed by atoms with Crippen LogP contribution < -0.4 is 0 Å². The summed E-state index contributed by atoms with van der Waals surface area (Å²) in [7, 11) is 0. The Hall–Kier alpha value is -1.11. The van der Waals surface area contributed by atoms with Crippen molar-refractivity contribution >= 4 is 5.78 Å². The number of allylic oxidation sites excluding steroid dienone is 5. The van der Waals surface area contributed by atoms with Gasteiger partial charge in [-0.1, -0.05) is 38.5 Å². The largest absolute Gasteiger partial charge is 0.294 e. The summed E-state index contributed by atoms with van der Waals surface area (Å²) in [6.07, 6.45) is 5.17. The van der Waals surface area contributed by atoms with Crippen LogP contribution in [0.2, 0.25) is 0 Å². The second-order valence-electron chi connectivity index (χ2n) is 7.40. The van der Waals surface area contributed by atoms with Gasteiger partial charge in [0.2, 0.25) is 0 Å². The fraction of sp³-hybridized carbons (Fsp3) is 0.632. The number of Topliss-reactive ketones (excluding diaryl/α,β-unsaturated/α-hetero) is 1. The fourth-order valence-corrected chi connectivity index (χ4v) is 3.71. The number of carbonyl (C=O) groups is 1. The van der Waals surface area contributed by atoms with E-state index < -0.39 is 0 Å². The molecule has 1 heteroatoms. The molecule has 0 radical (unpaired) electrons. The minimum Gasteiger partial charge on any atom is -0.294 e. The van der Waals surface area contributed by atoms with Crippen molar-refractivity contribution in [2.24, 2.45) is 11.3 Å². The Kier molecular flexibility index (Phi) is 4.09. The molecule has 1 fully saturated rings. The van der Waals surface area contributed by atoms with Crippen LogP contribution in [0.1, 0.15) is 66.7 Å². The van der Waals surface area contributed by atoms with Crippen LogP contribution in [0.5, 0.6) is 0 Å². The molecule has 2 aliphatic carbocycles. The third-order valence-corrected chi connectivity index (χ3v) is 4.54. The molecule has 0 spiro atoms. The van der Waals surface area contributed by atoms with Gasteiger partial charge in [0.1, 0.15) is 0 Å². The van der Waals surface area contributed by atoms with Crippen molar-refractivity contribution in [3.05, 3.63) is 34.4 Å². The Bertz CT molecular complexity index is 510. The monoisotopic (exact) mass is 272 g/mol. The summed E-state index contributed by atoms with van der Waals surface area (Å²) in [6, 6.07) is 0. The van der Waals surface area contributed by atoms with Gasteiger partial charge in [-0.15, -0.1) is 0 Å². The normalized spacial score (nSPS) is 23.8. The third kappa shape index (κ3) is 2.97. The zero-order valence-electron chi connectivity index (χ0n) is 13.7. The Labute approximate surface area is 123 Å². The molecule has 0 aromatic carbocycles. The number of hydrogen-bond acceptors (Lipinski definition) is 1. The van der Waals surface area contributed by atoms with Crippen molar-refractivity contribution in [2.75, 3.05) is 0 Å². The molecule has 2 rings (SSSR count). The minimum absolute atomic E-state index is 0.120. The van der Waals surface area contributed by atoms with Crippen molar-refractivity contribution in [3.8, 4) is 0 Å². The van der Waals surface area contributed by atoms with Crippen LogP contribution in [0.4, 0.5) is 0 Å². The lowest BCUT2D eigenvalue weighted by molar-refractivity contribution is -0.117. The highest BCUT2D eigenvalue weighted by molar-refractivity contribution is 6.02. The third-order valence-electron chi connectivity index (χ3n) is 4.54. The van der Waals surface area contributed by atoms with Crippen molar-refractivity contribution in [1.82, 2.24) is 0 Å². The topological polar surface area (TPSA) is 17.1 Å². The Balaban J connectivity index is 2.55. The van der Waals surface area contributed by atoms with Gasteiger partial charge in [-0.25, -0.2) is 0 Å². The average Bonchev–Trinajstić information content (AvgIpc) is 3.08. The van der Waals surface area contributed by atoms with Crippen LogP contribution in [-0.2, 0) is 4.79 Å². The molecular weight excluding hydrogens is 244 g/mol. The van der Waals surface area contributed by atoms with Crippen LogP contribution in [0.25, 0.3) is 0 Å². The van der Waals surface area contributed by atoms with E-state index in [4.69, 9.17) is 0 Å². The molecule has 20 heavy (non-hydrogen) atoms. The van der Waals surface area contributed by atoms with Gasteiger partial charge in [0.25, 0.3) is 0 Å². The smallest absolute Gasteiger partial charge is 0.163 e. The number of rotatable bonds is 4. The first-order valence-electron chi connectivity index (χ1n) is 7.89. The van der Waals surface area contributed by atoms with Crippen molar-refractivity contribution in [1.29, 1.82) is 0 Å². The molecule has 0 aromatic rings. The molecular formula is C19H28O. The Morgan fingerprint density at radius 2 is 1.90 bits per heavy atom. The van der Waals surface area contributed by atoms with Crippen LogP contribution >= 0.6 is 0 Å². The molecule has 0 aromatic heterocycles. The maximum Gasteiger partial charge on any atom is 0.163 e. The lowest BCUT2D eigenvalue weighted by atomic mass is 9.71. The summed E-state index contributed by atoms with van der Waals surface area (Å²) >= 11 is 0. The van der Waals surface area contributed by atoms with Gasteiger partial charge in [-0.2, -0.15) is 0 Å². The predicted octanol–water partition coefficient (Wildman–Crippen LogP) is 5.38. The summed E-state index contributed by atoms with van der Waals surface area (Å²) < 4.78 is 0. The zero-order valence-corrected chi connectivity index (χ0v) is 13.7. The summed E-state index contributed by atoms with van der Waals surface area (Å²) in [5.41, 5.74) is 6.28. The maximum atomic E-state index is 12.7. The van der Waals surface area contributed by atoms with Crippen molar-refractivity contribution < 1.29 is 4.79 Å². The average molecular weight is 272 g/mol. The molecule has 0 atom stereocenters. The first-order chi connectivity index (χ1) is 9.26. The molecule has 1 nitrogen and oxygen atoms in total. The quantitative estimate of drug-likeness (QED) is 0.627. The highest BCUT2D eigenvalue weighted by Crippen LogP contribution is 2.48.